The van der Waals surface area contributed by atoms with Crippen LogP contribution in [-0.2, 0) is 9.47 Å². The van der Waals surface area contributed by atoms with Crippen molar-refractivity contribution < 1.29 is 29.9 Å². The molecule has 0 aromatic heterocycles. The Morgan fingerprint density at radius 1 is 0.778 bits per heavy atom. The van der Waals surface area contributed by atoms with Gasteiger partial charge in [0.25, 0.3) is 0 Å². The molecule has 0 aliphatic heterocycles. The van der Waals surface area contributed by atoms with E-state index in [1.165, 1.54) is 0 Å². The highest BCUT2D eigenvalue weighted by molar-refractivity contribution is 7.99. The molecule has 0 aliphatic rings. The van der Waals surface area contributed by atoms with Gasteiger partial charge in [0.15, 0.2) is 0 Å². The molecule has 110 valence electrons. The Balaban J connectivity index is 3.38. The molecule has 0 radical (unpaired) electrons. The first-order chi connectivity index (χ1) is 8.74. The Kier molecular flexibility index (Phi) is 12.2. The summed E-state index contributed by atoms with van der Waals surface area (Å²) in [6, 6.07) is 0. The zero-order valence-electron chi connectivity index (χ0n) is 10.6. The van der Waals surface area contributed by atoms with Gasteiger partial charge in [-0.15, -0.1) is 0 Å². The summed E-state index contributed by atoms with van der Waals surface area (Å²) in [5.74, 6) is 1.61. The number of hydrogen-bond donors (Lipinski definition) is 4. The standard InChI is InChI=1S/C11H24O6S/c12-1-2-16-3-5-18-6-4-17-10-11(7-13,8-14)9-15/h12-15H,1-10H2. The first-order valence-corrected chi connectivity index (χ1v) is 7.07. The van der Waals surface area contributed by atoms with E-state index in [9.17, 15) is 0 Å². The normalized spacial score (nSPS) is 12.0. The molecule has 0 atom stereocenters. The van der Waals surface area contributed by atoms with Crippen molar-refractivity contribution in [3.8, 4) is 0 Å². The molecule has 0 aromatic rings. The molecule has 0 rings (SSSR count). The SMILES string of the molecule is OCCOCCSCCOCC(CO)(CO)CO. The van der Waals surface area contributed by atoms with E-state index in [0.29, 0.717) is 19.8 Å². The molecule has 18 heavy (non-hydrogen) atoms. The number of aliphatic hydroxyl groups excluding tert-OH is 4. The quantitative estimate of drug-likeness (QED) is 0.312. The molecule has 0 fully saturated rings. The first-order valence-electron chi connectivity index (χ1n) is 5.91. The van der Waals surface area contributed by atoms with Crippen molar-refractivity contribution in [1.29, 1.82) is 0 Å². The monoisotopic (exact) mass is 284 g/mol. The molecule has 0 bridgehead atoms. The summed E-state index contributed by atoms with van der Waals surface area (Å²) in [5.41, 5.74) is -0.950. The summed E-state index contributed by atoms with van der Waals surface area (Å²) < 4.78 is 10.4. The number of rotatable bonds is 13. The van der Waals surface area contributed by atoms with Crippen LogP contribution in [0.15, 0.2) is 0 Å². The van der Waals surface area contributed by atoms with Crippen molar-refractivity contribution in [3.05, 3.63) is 0 Å². The molecule has 0 aromatic carbocycles. The third-order valence-corrected chi connectivity index (χ3v) is 3.30. The van der Waals surface area contributed by atoms with Crippen LogP contribution >= 0.6 is 11.8 Å². The molecule has 0 unspecified atom stereocenters. The first kappa shape index (κ1) is 18.1. The molecule has 0 saturated heterocycles. The Morgan fingerprint density at radius 2 is 1.33 bits per heavy atom. The number of hydrogen-bond acceptors (Lipinski definition) is 7. The van der Waals surface area contributed by atoms with E-state index in [1.807, 2.05) is 0 Å². The molecule has 7 heteroatoms. The summed E-state index contributed by atoms with van der Waals surface area (Å²) >= 11 is 1.66. The van der Waals surface area contributed by atoms with E-state index < -0.39 is 5.41 Å². The average molecular weight is 284 g/mol. The van der Waals surface area contributed by atoms with Crippen LogP contribution in [0.25, 0.3) is 0 Å². The van der Waals surface area contributed by atoms with E-state index in [4.69, 9.17) is 29.9 Å². The molecule has 0 amide bonds. The highest BCUT2D eigenvalue weighted by Gasteiger charge is 2.28. The lowest BCUT2D eigenvalue weighted by atomic mass is 9.93. The van der Waals surface area contributed by atoms with Crippen LogP contribution in [-0.4, -0.2) is 84.8 Å². The van der Waals surface area contributed by atoms with Gasteiger partial charge >= 0.3 is 0 Å². The van der Waals surface area contributed by atoms with Gasteiger partial charge in [0.05, 0.1) is 58.3 Å². The predicted octanol–water partition coefficient (Wildman–Crippen LogP) is -1.29. The average Bonchev–Trinajstić information content (AvgIpc) is 2.42. The van der Waals surface area contributed by atoms with Gasteiger partial charge in [-0.1, -0.05) is 0 Å². The second-order valence-electron chi connectivity index (χ2n) is 3.98. The summed E-state index contributed by atoms with van der Waals surface area (Å²) in [6.07, 6.45) is 0. The fourth-order valence-corrected chi connectivity index (χ4v) is 1.76. The fraction of sp³-hybridized carbons (Fsp3) is 1.00. The van der Waals surface area contributed by atoms with Gasteiger partial charge in [0.1, 0.15) is 0 Å². The van der Waals surface area contributed by atoms with E-state index in [0.717, 1.165) is 11.5 Å². The Labute approximate surface area is 112 Å². The minimum atomic E-state index is -0.950. The number of aliphatic hydroxyl groups is 4. The lowest BCUT2D eigenvalue weighted by molar-refractivity contribution is -0.0547. The van der Waals surface area contributed by atoms with Gasteiger partial charge in [0.2, 0.25) is 0 Å². The summed E-state index contributed by atoms with van der Waals surface area (Å²) in [7, 11) is 0. The van der Waals surface area contributed by atoms with E-state index in [2.05, 4.69) is 0 Å². The van der Waals surface area contributed by atoms with Gasteiger partial charge in [-0.3, -0.25) is 0 Å². The fourth-order valence-electron chi connectivity index (χ4n) is 1.08. The number of thioether (sulfide) groups is 1. The summed E-state index contributed by atoms with van der Waals surface area (Å²) in [4.78, 5) is 0. The van der Waals surface area contributed by atoms with Crippen LogP contribution in [0.4, 0.5) is 0 Å². The Hall–Kier alpha value is 0.110. The maximum atomic E-state index is 9.06. The second kappa shape index (κ2) is 12.2. The highest BCUT2D eigenvalue weighted by atomic mass is 32.2. The molecule has 0 spiro atoms. The predicted molar refractivity (Wildman–Crippen MR) is 69.7 cm³/mol. The minimum absolute atomic E-state index is 0.0410. The maximum absolute atomic E-state index is 9.06. The van der Waals surface area contributed by atoms with Crippen molar-refractivity contribution in [2.75, 3.05) is 64.4 Å². The molecular formula is C11H24O6S. The van der Waals surface area contributed by atoms with Crippen LogP contribution in [0.2, 0.25) is 0 Å². The van der Waals surface area contributed by atoms with Gasteiger partial charge in [0, 0.05) is 11.5 Å². The van der Waals surface area contributed by atoms with Crippen LogP contribution in [0.5, 0.6) is 0 Å². The van der Waals surface area contributed by atoms with Gasteiger partial charge < -0.3 is 29.9 Å². The van der Waals surface area contributed by atoms with Crippen molar-refractivity contribution in [1.82, 2.24) is 0 Å². The Bertz CT molecular complexity index is 169. The van der Waals surface area contributed by atoms with Crippen molar-refractivity contribution >= 4 is 11.8 Å². The molecular weight excluding hydrogens is 260 g/mol. The molecule has 0 aliphatic carbocycles. The molecule has 0 saturated carbocycles. The second-order valence-corrected chi connectivity index (χ2v) is 5.20. The lowest BCUT2D eigenvalue weighted by Gasteiger charge is -2.26. The highest BCUT2D eigenvalue weighted by Crippen LogP contribution is 2.15. The third-order valence-electron chi connectivity index (χ3n) is 2.39. The van der Waals surface area contributed by atoms with Gasteiger partial charge in [-0.2, -0.15) is 11.8 Å². The summed E-state index contributed by atoms with van der Waals surface area (Å²) in [5, 5.41) is 35.6. The van der Waals surface area contributed by atoms with Crippen molar-refractivity contribution in [2.24, 2.45) is 5.41 Å². The van der Waals surface area contributed by atoms with Gasteiger partial charge in [-0.25, -0.2) is 0 Å². The van der Waals surface area contributed by atoms with E-state index >= 15 is 0 Å². The topological polar surface area (TPSA) is 99.4 Å². The van der Waals surface area contributed by atoms with Crippen LogP contribution in [0.3, 0.4) is 0 Å². The summed E-state index contributed by atoms with van der Waals surface area (Å²) in [6.45, 7) is 0.721. The Morgan fingerprint density at radius 3 is 1.83 bits per heavy atom. The van der Waals surface area contributed by atoms with Crippen LogP contribution in [0, 0.1) is 5.41 Å². The van der Waals surface area contributed by atoms with Crippen LogP contribution in [0.1, 0.15) is 0 Å². The lowest BCUT2D eigenvalue weighted by Crippen LogP contribution is -2.38. The van der Waals surface area contributed by atoms with E-state index in [-0.39, 0.29) is 33.0 Å². The third kappa shape index (κ3) is 8.25. The largest absolute Gasteiger partial charge is 0.396 e. The van der Waals surface area contributed by atoms with Crippen molar-refractivity contribution in [3.63, 3.8) is 0 Å². The zero-order valence-corrected chi connectivity index (χ0v) is 11.4. The minimum Gasteiger partial charge on any atom is -0.396 e. The zero-order chi connectivity index (χ0) is 13.7. The smallest absolute Gasteiger partial charge is 0.0698 e. The van der Waals surface area contributed by atoms with E-state index in [1.54, 1.807) is 11.8 Å². The molecule has 0 heterocycles. The van der Waals surface area contributed by atoms with Crippen molar-refractivity contribution in [2.45, 2.75) is 0 Å². The number of ether oxygens (including phenoxy) is 2. The molecule has 6 nitrogen and oxygen atoms in total. The van der Waals surface area contributed by atoms with Gasteiger partial charge in [-0.05, 0) is 0 Å². The maximum Gasteiger partial charge on any atom is 0.0698 e. The van der Waals surface area contributed by atoms with Crippen LogP contribution < -0.4 is 0 Å². The molecule has 4 N–H and O–H groups in total.